The summed E-state index contributed by atoms with van der Waals surface area (Å²) in [6.07, 6.45) is 1.86. The van der Waals surface area contributed by atoms with E-state index in [2.05, 4.69) is 9.71 Å². The van der Waals surface area contributed by atoms with Crippen LogP contribution < -0.4 is 4.72 Å². The quantitative estimate of drug-likeness (QED) is 0.704. The van der Waals surface area contributed by atoms with E-state index in [1.807, 2.05) is 6.07 Å². The molecule has 2 aromatic carbocycles. The molecule has 0 amide bonds. The van der Waals surface area contributed by atoms with Gasteiger partial charge in [-0.1, -0.05) is 36.4 Å². The average molecular weight is 380 g/mol. The summed E-state index contributed by atoms with van der Waals surface area (Å²) in [6, 6.07) is 12.5. The van der Waals surface area contributed by atoms with Crippen LogP contribution in [0.1, 0.15) is 16.0 Å². The molecule has 25 heavy (non-hydrogen) atoms. The van der Waals surface area contributed by atoms with E-state index in [4.69, 9.17) is 0 Å². The molecule has 8 heteroatoms. The van der Waals surface area contributed by atoms with Crippen molar-refractivity contribution < 1.29 is 17.2 Å². The maximum Gasteiger partial charge on any atom is 0.238 e. The third kappa shape index (κ3) is 4.83. The fourth-order valence-corrected chi connectivity index (χ4v) is 4.52. The van der Waals surface area contributed by atoms with Gasteiger partial charge in [-0.05, 0) is 23.3 Å². The van der Waals surface area contributed by atoms with Crippen molar-refractivity contribution in [1.82, 2.24) is 4.98 Å². The molecule has 0 aliphatic carbocycles. The van der Waals surface area contributed by atoms with Crippen LogP contribution >= 0.6 is 11.3 Å². The standard InChI is InChI=1S/C17H14F2N2O2S2/c18-15-7-6-13(9-16(15)19)8-14-10-20-17(24-14)21-25(22,23)11-12-4-2-1-3-5-12/h1-7,9-10H,8,11H2,(H,20,21). The van der Waals surface area contributed by atoms with Crippen LogP contribution in [-0.4, -0.2) is 13.4 Å². The number of rotatable bonds is 6. The number of nitrogens with zero attached hydrogens (tertiary/aromatic N) is 1. The molecule has 0 aliphatic rings. The minimum absolute atomic E-state index is 0.147. The highest BCUT2D eigenvalue weighted by Gasteiger charge is 2.14. The van der Waals surface area contributed by atoms with Crippen LogP contribution in [-0.2, 0) is 22.2 Å². The van der Waals surface area contributed by atoms with Crippen molar-refractivity contribution in [3.05, 3.63) is 82.4 Å². The minimum Gasteiger partial charge on any atom is -0.258 e. The first-order chi connectivity index (χ1) is 11.9. The molecule has 3 rings (SSSR count). The zero-order chi connectivity index (χ0) is 17.9. The molecule has 1 N–H and O–H groups in total. The summed E-state index contributed by atoms with van der Waals surface area (Å²) in [6.45, 7) is 0. The highest BCUT2D eigenvalue weighted by molar-refractivity contribution is 7.92. The SMILES string of the molecule is O=S(=O)(Cc1ccccc1)Nc1ncc(Cc2ccc(F)c(F)c2)s1. The van der Waals surface area contributed by atoms with Crippen LogP contribution in [0.5, 0.6) is 0 Å². The van der Waals surface area contributed by atoms with Crippen molar-refractivity contribution in [2.24, 2.45) is 0 Å². The van der Waals surface area contributed by atoms with Crippen molar-refractivity contribution in [3.8, 4) is 0 Å². The van der Waals surface area contributed by atoms with Gasteiger partial charge in [-0.3, -0.25) is 4.72 Å². The van der Waals surface area contributed by atoms with E-state index in [1.54, 1.807) is 24.3 Å². The first kappa shape index (κ1) is 17.5. The molecule has 4 nitrogen and oxygen atoms in total. The minimum atomic E-state index is -3.57. The number of thiazole rings is 1. The normalized spacial score (nSPS) is 11.4. The molecule has 0 aliphatic heterocycles. The lowest BCUT2D eigenvalue weighted by atomic mass is 10.1. The van der Waals surface area contributed by atoms with E-state index in [-0.39, 0.29) is 10.9 Å². The zero-order valence-corrected chi connectivity index (χ0v) is 14.6. The lowest BCUT2D eigenvalue weighted by Gasteiger charge is -2.04. The highest BCUT2D eigenvalue weighted by Crippen LogP contribution is 2.23. The number of hydrogen-bond donors (Lipinski definition) is 1. The topological polar surface area (TPSA) is 59.1 Å². The Morgan fingerprint density at radius 3 is 2.48 bits per heavy atom. The lowest BCUT2D eigenvalue weighted by molar-refractivity contribution is 0.507. The van der Waals surface area contributed by atoms with Gasteiger partial charge in [0.15, 0.2) is 16.8 Å². The maximum atomic E-state index is 13.2. The van der Waals surface area contributed by atoms with E-state index in [9.17, 15) is 17.2 Å². The predicted octanol–water partition coefficient (Wildman–Crippen LogP) is 3.95. The van der Waals surface area contributed by atoms with Crippen molar-refractivity contribution in [2.45, 2.75) is 12.2 Å². The fraction of sp³-hybridized carbons (Fsp3) is 0.118. The van der Waals surface area contributed by atoms with Gasteiger partial charge in [0, 0.05) is 17.5 Å². The number of hydrogen-bond acceptors (Lipinski definition) is 4. The number of anilines is 1. The molecule has 0 atom stereocenters. The van der Waals surface area contributed by atoms with Crippen LogP contribution in [0, 0.1) is 11.6 Å². The van der Waals surface area contributed by atoms with Crippen LogP contribution in [0.4, 0.5) is 13.9 Å². The average Bonchev–Trinajstić information content (AvgIpc) is 2.97. The Hall–Kier alpha value is -2.32. The summed E-state index contributed by atoms with van der Waals surface area (Å²) in [4.78, 5) is 4.78. The van der Waals surface area contributed by atoms with Gasteiger partial charge in [0.25, 0.3) is 0 Å². The summed E-state index contributed by atoms with van der Waals surface area (Å²) in [7, 11) is -3.57. The second kappa shape index (κ2) is 7.28. The smallest absolute Gasteiger partial charge is 0.238 e. The molecule has 0 bridgehead atoms. The molecule has 0 fully saturated rings. The second-order valence-corrected chi connectivity index (χ2v) is 8.24. The lowest BCUT2D eigenvalue weighted by Crippen LogP contribution is -2.14. The van der Waals surface area contributed by atoms with E-state index < -0.39 is 21.7 Å². The second-order valence-electron chi connectivity index (χ2n) is 5.40. The summed E-state index contributed by atoms with van der Waals surface area (Å²) in [5.74, 6) is -1.96. The van der Waals surface area contributed by atoms with Crippen LogP contribution in [0.15, 0.2) is 54.7 Å². The third-order valence-electron chi connectivity index (χ3n) is 3.36. The Labute approximate surface area is 148 Å². The Morgan fingerprint density at radius 1 is 1.00 bits per heavy atom. The van der Waals surface area contributed by atoms with E-state index in [1.165, 1.54) is 12.3 Å². The summed E-state index contributed by atoms with van der Waals surface area (Å²) >= 11 is 1.16. The number of benzene rings is 2. The first-order valence-corrected chi connectivity index (χ1v) is 9.81. The Balaban J connectivity index is 1.67. The molecule has 0 spiro atoms. The Bertz CT molecular complexity index is 973. The molecule has 1 aromatic heterocycles. The molecule has 0 unspecified atom stereocenters. The molecule has 1 heterocycles. The summed E-state index contributed by atoms with van der Waals surface area (Å²) < 4.78 is 53.0. The van der Waals surface area contributed by atoms with Crippen molar-refractivity contribution >= 4 is 26.5 Å². The van der Waals surface area contributed by atoms with Gasteiger partial charge in [0.1, 0.15) is 0 Å². The zero-order valence-electron chi connectivity index (χ0n) is 12.9. The van der Waals surface area contributed by atoms with Crippen molar-refractivity contribution in [3.63, 3.8) is 0 Å². The summed E-state index contributed by atoms with van der Waals surface area (Å²) in [5.41, 5.74) is 1.26. The molecular formula is C17H14F2N2O2S2. The van der Waals surface area contributed by atoms with Crippen molar-refractivity contribution in [2.75, 3.05) is 4.72 Å². The van der Waals surface area contributed by atoms with Gasteiger partial charge in [0.2, 0.25) is 10.0 Å². The van der Waals surface area contributed by atoms with Gasteiger partial charge >= 0.3 is 0 Å². The van der Waals surface area contributed by atoms with E-state index >= 15 is 0 Å². The molecule has 0 saturated carbocycles. The van der Waals surface area contributed by atoms with Gasteiger partial charge in [-0.15, -0.1) is 11.3 Å². The molecule has 0 radical (unpaired) electrons. The van der Waals surface area contributed by atoms with Gasteiger partial charge < -0.3 is 0 Å². The Kier molecular flexibility index (Phi) is 5.10. The Morgan fingerprint density at radius 2 is 1.76 bits per heavy atom. The van der Waals surface area contributed by atoms with Gasteiger partial charge in [0.05, 0.1) is 5.75 Å². The molecule has 3 aromatic rings. The highest BCUT2D eigenvalue weighted by atomic mass is 32.2. The molecular weight excluding hydrogens is 366 g/mol. The maximum absolute atomic E-state index is 13.2. The summed E-state index contributed by atoms with van der Waals surface area (Å²) in [5, 5.41) is 0.244. The van der Waals surface area contributed by atoms with E-state index in [0.29, 0.717) is 17.5 Å². The fourth-order valence-electron chi connectivity index (χ4n) is 2.25. The number of nitrogens with one attached hydrogen (secondary N) is 1. The molecule has 130 valence electrons. The van der Waals surface area contributed by atoms with Gasteiger partial charge in [-0.25, -0.2) is 22.2 Å². The molecule has 0 saturated heterocycles. The van der Waals surface area contributed by atoms with E-state index in [0.717, 1.165) is 28.3 Å². The predicted molar refractivity (Wildman–Crippen MR) is 94.0 cm³/mol. The monoisotopic (exact) mass is 380 g/mol. The van der Waals surface area contributed by atoms with Crippen LogP contribution in [0.25, 0.3) is 0 Å². The van der Waals surface area contributed by atoms with Crippen LogP contribution in [0.3, 0.4) is 0 Å². The van der Waals surface area contributed by atoms with Crippen molar-refractivity contribution in [1.29, 1.82) is 0 Å². The van der Waals surface area contributed by atoms with Gasteiger partial charge in [-0.2, -0.15) is 0 Å². The third-order valence-corrected chi connectivity index (χ3v) is 5.62. The first-order valence-electron chi connectivity index (χ1n) is 7.34. The largest absolute Gasteiger partial charge is 0.258 e. The number of aromatic nitrogens is 1. The number of sulfonamides is 1. The van der Waals surface area contributed by atoms with Crippen LogP contribution in [0.2, 0.25) is 0 Å². The number of halogens is 2.